The maximum absolute atomic E-state index is 8.87. The van der Waals surface area contributed by atoms with Gasteiger partial charge in [-0.3, -0.25) is 0 Å². The van der Waals surface area contributed by atoms with E-state index in [1.54, 1.807) is 12.1 Å². The van der Waals surface area contributed by atoms with Crippen LogP contribution in [-0.2, 0) is 0 Å². The molecule has 0 atom stereocenters. The number of hydrogen-bond acceptors (Lipinski definition) is 3. The number of rotatable bonds is 5. The van der Waals surface area contributed by atoms with E-state index in [2.05, 4.69) is 17.5 Å². The molecule has 0 radical (unpaired) electrons. The van der Waals surface area contributed by atoms with Crippen molar-refractivity contribution in [1.29, 1.82) is 10.5 Å². The second-order valence-electron chi connectivity index (χ2n) is 4.72. The Kier molecular flexibility index (Phi) is 4.55. The van der Waals surface area contributed by atoms with Crippen LogP contribution in [0, 0.1) is 28.1 Å². The lowest BCUT2D eigenvalue weighted by atomic mass is 9.90. The minimum Gasteiger partial charge on any atom is -0.385 e. The van der Waals surface area contributed by atoms with Crippen molar-refractivity contribution >= 4 is 5.69 Å². The van der Waals surface area contributed by atoms with E-state index in [0.717, 1.165) is 25.1 Å². The second-order valence-corrected chi connectivity index (χ2v) is 4.72. The van der Waals surface area contributed by atoms with E-state index in [0.29, 0.717) is 5.56 Å². The summed E-state index contributed by atoms with van der Waals surface area (Å²) < 4.78 is 0. The topological polar surface area (TPSA) is 59.6 Å². The van der Waals surface area contributed by atoms with Crippen molar-refractivity contribution in [2.75, 3.05) is 11.9 Å². The summed E-state index contributed by atoms with van der Waals surface area (Å²) >= 11 is 0. The smallest absolute Gasteiger partial charge is 0.0991 e. The van der Waals surface area contributed by atoms with E-state index in [1.165, 1.54) is 0 Å². The van der Waals surface area contributed by atoms with Crippen molar-refractivity contribution in [3.8, 4) is 12.1 Å². The molecule has 0 aliphatic rings. The molecule has 0 unspecified atom stereocenters. The third-order valence-corrected chi connectivity index (χ3v) is 2.62. The highest BCUT2D eigenvalue weighted by Crippen LogP contribution is 2.20. The van der Waals surface area contributed by atoms with E-state index >= 15 is 0 Å². The first-order valence-electron chi connectivity index (χ1n) is 5.73. The van der Waals surface area contributed by atoms with Gasteiger partial charge in [-0.2, -0.15) is 10.5 Å². The lowest BCUT2D eigenvalue weighted by Gasteiger charge is -2.14. The first-order chi connectivity index (χ1) is 8.07. The van der Waals surface area contributed by atoms with Crippen molar-refractivity contribution in [1.82, 2.24) is 0 Å². The molecule has 0 aliphatic heterocycles. The summed E-state index contributed by atoms with van der Waals surface area (Å²) in [5, 5.41) is 20.8. The van der Waals surface area contributed by atoms with Crippen LogP contribution in [0.1, 0.15) is 32.3 Å². The normalized spacial score (nSPS) is 10.4. The molecule has 0 fully saturated rings. The molecule has 0 amide bonds. The fourth-order valence-corrected chi connectivity index (χ4v) is 1.48. The maximum atomic E-state index is 8.87. The monoisotopic (exact) mass is 227 g/mol. The summed E-state index contributed by atoms with van der Waals surface area (Å²) in [6, 6.07) is 11.8. The van der Waals surface area contributed by atoms with Crippen LogP contribution in [0.5, 0.6) is 0 Å². The maximum Gasteiger partial charge on any atom is 0.0991 e. The van der Waals surface area contributed by atoms with Crippen molar-refractivity contribution in [3.63, 3.8) is 0 Å². The highest BCUT2D eigenvalue weighted by Gasteiger charge is 2.15. The van der Waals surface area contributed by atoms with Gasteiger partial charge in [0.2, 0.25) is 0 Å². The molecule has 1 aromatic carbocycles. The van der Waals surface area contributed by atoms with Crippen LogP contribution in [-0.4, -0.2) is 6.54 Å². The average molecular weight is 227 g/mol. The van der Waals surface area contributed by atoms with Gasteiger partial charge >= 0.3 is 0 Å². The zero-order chi connectivity index (χ0) is 12.7. The van der Waals surface area contributed by atoms with Crippen LogP contribution in [0.25, 0.3) is 0 Å². The van der Waals surface area contributed by atoms with Crippen LogP contribution in [0.3, 0.4) is 0 Å². The molecule has 17 heavy (non-hydrogen) atoms. The van der Waals surface area contributed by atoms with Crippen LogP contribution in [0.15, 0.2) is 24.3 Å². The molecule has 0 saturated carbocycles. The molecule has 0 aliphatic carbocycles. The van der Waals surface area contributed by atoms with Gasteiger partial charge in [0, 0.05) is 12.2 Å². The molecule has 0 aromatic heterocycles. The number of benzene rings is 1. The van der Waals surface area contributed by atoms with Gasteiger partial charge < -0.3 is 5.32 Å². The van der Waals surface area contributed by atoms with E-state index in [4.69, 9.17) is 10.5 Å². The second kappa shape index (κ2) is 5.92. The number of nitrogens with zero attached hydrogens (tertiary/aromatic N) is 2. The van der Waals surface area contributed by atoms with Crippen LogP contribution in [0.2, 0.25) is 0 Å². The lowest BCUT2D eigenvalue weighted by Crippen LogP contribution is -2.11. The number of nitriles is 2. The number of anilines is 1. The summed E-state index contributed by atoms with van der Waals surface area (Å²) in [6.45, 7) is 4.75. The Morgan fingerprint density at radius 3 is 2.35 bits per heavy atom. The van der Waals surface area contributed by atoms with Gasteiger partial charge in [-0.05, 0) is 51.0 Å². The predicted molar refractivity (Wildman–Crippen MR) is 68.3 cm³/mol. The van der Waals surface area contributed by atoms with E-state index in [1.807, 2.05) is 26.0 Å². The molecule has 0 bridgehead atoms. The number of hydrogen-bond donors (Lipinski definition) is 1. The predicted octanol–water partition coefficient (Wildman–Crippen LogP) is 3.30. The Bertz CT molecular complexity index is 432. The lowest BCUT2D eigenvalue weighted by molar-refractivity contribution is 0.441. The Balaban J connectivity index is 2.32. The van der Waals surface area contributed by atoms with Crippen LogP contribution < -0.4 is 5.32 Å². The summed E-state index contributed by atoms with van der Waals surface area (Å²) in [5.74, 6) is 0. The van der Waals surface area contributed by atoms with Crippen molar-refractivity contribution in [3.05, 3.63) is 29.8 Å². The molecule has 1 aromatic rings. The molecule has 1 rings (SSSR count). The van der Waals surface area contributed by atoms with Gasteiger partial charge in [-0.25, -0.2) is 0 Å². The standard InChI is InChI=1S/C14H17N3/c1-14(2,11-16)8-3-9-17-13-6-4-12(10-15)5-7-13/h4-7,17H,3,8-9H2,1-2H3. The third kappa shape index (κ3) is 4.57. The minimum atomic E-state index is -0.244. The van der Waals surface area contributed by atoms with Crippen molar-refractivity contribution < 1.29 is 0 Å². The van der Waals surface area contributed by atoms with Crippen molar-refractivity contribution in [2.45, 2.75) is 26.7 Å². The van der Waals surface area contributed by atoms with Gasteiger partial charge in [0.05, 0.1) is 23.1 Å². The fourth-order valence-electron chi connectivity index (χ4n) is 1.48. The molecule has 1 N–H and O–H groups in total. The molecule has 0 spiro atoms. The Morgan fingerprint density at radius 2 is 1.82 bits per heavy atom. The summed E-state index contributed by atoms with van der Waals surface area (Å²) in [4.78, 5) is 0. The highest BCUT2D eigenvalue weighted by atomic mass is 14.9. The largest absolute Gasteiger partial charge is 0.385 e. The molecular weight excluding hydrogens is 210 g/mol. The zero-order valence-corrected chi connectivity index (χ0v) is 10.3. The first-order valence-corrected chi connectivity index (χ1v) is 5.73. The van der Waals surface area contributed by atoms with Crippen LogP contribution in [0.4, 0.5) is 5.69 Å². The average Bonchev–Trinajstić information content (AvgIpc) is 2.35. The highest BCUT2D eigenvalue weighted by molar-refractivity contribution is 5.46. The Labute approximate surface area is 103 Å². The van der Waals surface area contributed by atoms with E-state index < -0.39 is 0 Å². The van der Waals surface area contributed by atoms with Crippen LogP contribution >= 0.6 is 0 Å². The van der Waals surface area contributed by atoms with Gasteiger partial charge in [-0.15, -0.1) is 0 Å². The van der Waals surface area contributed by atoms with Gasteiger partial charge in [-0.1, -0.05) is 0 Å². The summed E-state index contributed by atoms with van der Waals surface area (Å²) in [7, 11) is 0. The Hall–Kier alpha value is -2.00. The third-order valence-electron chi connectivity index (χ3n) is 2.62. The Morgan fingerprint density at radius 1 is 1.18 bits per heavy atom. The van der Waals surface area contributed by atoms with E-state index in [9.17, 15) is 0 Å². The SMILES string of the molecule is CC(C)(C#N)CCCNc1ccc(C#N)cc1. The first kappa shape index (κ1) is 13.1. The minimum absolute atomic E-state index is 0.244. The van der Waals surface area contributed by atoms with Gasteiger partial charge in [0.25, 0.3) is 0 Å². The molecule has 3 nitrogen and oxygen atoms in total. The molecule has 88 valence electrons. The van der Waals surface area contributed by atoms with Crippen molar-refractivity contribution in [2.24, 2.45) is 5.41 Å². The number of nitrogens with one attached hydrogen (secondary N) is 1. The fraction of sp³-hybridized carbons (Fsp3) is 0.429. The molecule has 3 heteroatoms. The summed E-state index contributed by atoms with van der Waals surface area (Å²) in [5.41, 5.74) is 1.44. The van der Waals surface area contributed by atoms with Gasteiger partial charge in [0.1, 0.15) is 0 Å². The quantitative estimate of drug-likeness (QED) is 0.785. The zero-order valence-electron chi connectivity index (χ0n) is 10.3. The molecule has 0 heterocycles. The van der Waals surface area contributed by atoms with Gasteiger partial charge in [0.15, 0.2) is 0 Å². The van der Waals surface area contributed by atoms with E-state index in [-0.39, 0.29) is 5.41 Å². The summed E-state index contributed by atoms with van der Waals surface area (Å²) in [6.07, 6.45) is 1.84. The molecular formula is C14H17N3. The molecule has 0 saturated heterocycles.